The molecule has 0 aliphatic carbocycles. The van der Waals surface area contributed by atoms with Crippen molar-refractivity contribution in [1.82, 2.24) is 10.3 Å². The van der Waals surface area contributed by atoms with E-state index in [0.29, 0.717) is 11.4 Å². The first kappa shape index (κ1) is 11.9. The number of fused-ring (bicyclic) bond motifs is 1. The summed E-state index contributed by atoms with van der Waals surface area (Å²) < 4.78 is 0. The Bertz CT molecular complexity index is 630. The van der Waals surface area contributed by atoms with Gasteiger partial charge < -0.3 is 10.6 Å². The van der Waals surface area contributed by atoms with E-state index in [4.69, 9.17) is 5.26 Å². The molecular formula is C13H12N4O. The lowest BCUT2D eigenvalue weighted by Gasteiger charge is -2.07. The molecule has 0 saturated carbocycles. The number of rotatable bonds is 3. The van der Waals surface area contributed by atoms with Crippen LogP contribution in [0.4, 0.5) is 5.82 Å². The summed E-state index contributed by atoms with van der Waals surface area (Å²) in [6.45, 7) is 0.132. The van der Waals surface area contributed by atoms with Crippen molar-refractivity contribution in [3.05, 3.63) is 35.9 Å². The molecule has 0 spiro atoms. The normalized spacial score (nSPS) is 9.78. The van der Waals surface area contributed by atoms with Gasteiger partial charge in [-0.3, -0.25) is 4.79 Å². The first-order valence-electron chi connectivity index (χ1n) is 5.49. The second-order valence-corrected chi connectivity index (χ2v) is 3.71. The van der Waals surface area contributed by atoms with Crippen molar-refractivity contribution in [2.24, 2.45) is 0 Å². The Morgan fingerprint density at radius 2 is 2.22 bits per heavy atom. The topological polar surface area (TPSA) is 77.8 Å². The molecule has 0 bridgehead atoms. The minimum atomic E-state index is -0.136. The van der Waals surface area contributed by atoms with Crippen LogP contribution in [0, 0.1) is 11.3 Å². The lowest BCUT2D eigenvalue weighted by atomic mass is 10.1. The zero-order chi connectivity index (χ0) is 13.0. The van der Waals surface area contributed by atoms with Crippen LogP contribution in [0.1, 0.15) is 5.56 Å². The highest BCUT2D eigenvalue weighted by Crippen LogP contribution is 2.19. The fraction of sp³-hybridized carbons (Fsp3) is 0.154. The zero-order valence-corrected chi connectivity index (χ0v) is 9.90. The molecule has 1 aromatic heterocycles. The van der Waals surface area contributed by atoms with Gasteiger partial charge in [0.15, 0.2) is 0 Å². The first-order valence-corrected chi connectivity index (χ1v) is 5.49. The Labute approximate surface area is 104 Å². The Morgan fingerprint density at radius 3 is 2.94 bits per heavy atom. The molecule has 18 heavy (non-hydrogen) atoms. The third kappa shape index (κ3) is 2.38. The number of carbonyl (C=O) groups excluding carboxylic acids is 1. The largest absolute Gasteiger partial charge is 0.361 e. The standard InChI is InChI=1S/C13H12N4O/c1-15-13(18)8-16-12-6-9(7-14)10-4-2-3-5-11(10)17-12/h2-6H,8H2,1H3,(H,15,18)(H,16,17). The van der Waals surface area contributed by atoms with Gasteiger partial charge in [-0.2, -0.15) is 5.26 Å². The second-order valence-electron chi connectivity index (χ2n) is 3.71. The van der Waals surface area contributed by atoms with Gasteiger partial charge >= 0.3 is 0 Å². The van der Waals surface area contributed by atoms with E-state index in [2.05, 4.69) is 21.7 Å². The SMILES string of the molecule is CNC(=O)CNc1cc(C#N)c2ccccc2n1. The van der Waals surface area contributed by atoms with Crippen molar-refractivity contribution in [1.29, 1.82) is 5.26 Å². The number of hydrogen-bond acceptors (Lipinski definition) is 4. The number of nitrogens with zero attached hydrogens (tertiary/aromatic N) is 2. The van der Waals surface area contributed by atoms with Gasteiger partial charge in [-0.25, -0.2) is 4.98 Å². The van der Waals surface area contributed by atoms with Crippen LogP contribution in [0.2, 0.25) is 0 Å². The molecule has 5 heteroatoms. The number of nitrogens with one attached hydrogen (secondary N) is 2. The highest BCUT2D eigenvalue weighted by molar-refractivity contribution is 5.87. The van der Waals surface area contributed by atoms with Crippen molar-refractivity contribution < 1.29 is 4.79 Å². The van der Waals surface area contributed by atoms with Crippen LogP contribution in [0.3, 0.4) is 0 Å². The van der Waals surface area contributed by atoms with E-state index >= 15 is 0 Å². The Hall–Kier alpha value is -2.61. The summed E-state index contributed by atoms with van der Waals surface area (Å²) in [5.41, 5.74) is 1.27. The number of benzene rings is 1. The summed E-state index contributed by atoms with van der Waals surface area (Å²) in [5, 5.41) is 15.3. The van der Waals surface area contributed by atoms with Crippen LogP contribution in [0.25, 0.3) is 10.9 Å². The van der Waals surface area contributed by atoms with Crippen LogP contribution >= 0.6 is 0 Å². The highest BCUT2D eigenvalue weighted by atomic mass is 16.1. The number of likely N-dealkylation sites (N-methyl/N-ethyl adjacent to an activating group) is 1. The predicted molar refractivity (Wildman–Crippen MR) is 69.0 cm³/mol. The molecule has 1 amide bonds. The van der Waals surface area contributed by atoms with E-state index in [0.717, 1.165) is 10.9 Å². The van der Waals surface area contributed by atoms with Crippen LogP contribution < -0.4 is 10.6 Å². The summed E-state index contributed by atoms with van der Waals surface area (Å²) in [6.07, 6.45) is 0. The molecule has 0 saturated heterocycles. The molecule has 2 N–H and O–H groups in total. The van der Waals surface area contributed by atoms with Gasteiger partial charge in [-0.1, -0.05) is 18.2 Å². The van der Waals surface area contributed by atoms with Gasteiger partial charge in [0.05, 0.1) is 23.7 Å². The van der Waals surface area contributed by atoms with Gasteiger partial charge in [0.2, 0.25) is 5.91 Å². The van der Waals surface area contributed by atoms with E-state index in [1.165, 1.54) is 0 Å². The van der Waals surface area contributed by atoms with Gasteiger partial charge in [0.25, 0.3) is 0 Å². The third-order valence-corrected chi connectivity index (χ3v) is 2.55. The molecule has 1 heterocycles. The summed E-state index contributed by atoms with van der Waals surface area (Å²) in [7, 11) is 1.57. The fourth-order valence-corrected chi connectivity index (χ4v) is 1.62. The zero-order valence-electron chi connectivity index (χ0n) is 9.90. The quantitative estimate of drug-likeness (QED) is 0.846. The molecule has 0 radical (unpaired) electrons. The molecule has 2 rings (SSSR count). The van der Waals surface area contributed by atoms with Gasteiger partial charge in [0, 0.05) is 12.4 Å². The maximum atomic E-state index is 11.1. The van der Waals surface area contributed by atoms with Crippen LogP contribution in [0.5, 0.6) is 0 Å². The fourth-order valence-electron chi connectivity index (χ4n) is 1.62. The number of amides is 1. The average molecular weight is 240 g/mol. The van der Waals surface area contributed by atoms with E-state index in [9.17, 15) is 4.79 Å². The molecule has 0 aliphatic heterocycles. The molecule has 90 valence electrons. The summed E-state index contributed by atoms with van der Waals surface area (Å²) >= 11 is 0. The molecular weight excluding hydrogens is 228 g/mol. The first-order chi connectivity index (χ1) is 8.74. The van der Waals surface area contributed by atoms with Crippen molar-refractivity contribution in [2.45, 2.75) is 0 Å². The summed E-state index contributed by atoms with van der Waals surface area (Å²) in [4.78, 5) is 15.5. The number of carbonyl (C=O) groups is 1. The Balaban J connectivity index is 2.36. The van der Waals surface area contributed by atoms with Gasteiger partial charge in [-0.15, -0.1) is 0 Å². The number of anilines is 1. The lowest BCUT2D eigenvalue weighted by molar-refractivity contribution is -0.118. The number of hydrogen-bond donors (Lipinski definition) is 2. The molecule has 5 nitrogen and oxygen atoms in total. The maximum Gasteiger partial charge on any atom is 0.239 e. The molecule has 1 aromatic carbocycles. The smallest absolute Gasteiger partial charge is 0.239 e. The third-order valence-electron chi connectivity index (χ3n) is 2.55. The number of pyridine rings is 1. The van der Waals surface area contributed by atoms with Crippen LogP contribution in [0.15, 0.2) is 30.3 Å². The second kappa shape index (κ2) is 5.15. The van der Waals surface area contributed by atoms with E-state index in [1.807, 2.05) is 24.3 Å². The van der Waals surface area contributed by atoms with Crippen molar-refractivity contribution >= 4 is 22.6 Å². The highest BCUT2D eigenvalue weighted by Gasteiger charge is 2.05. The van der Waals surface area contributed by atoms with E-state index in [-0.39, 0.29) is 12.5 Å². The van der Waals surface area contributed by atoms with Gasteiger partial charge in [-0.05, 0) is 12.1 Å². The van der Waals surface area contributed by atoms with E-state index < -0.39 is 0 Å². The Kier molecular flexibility index (Phi) is 3.39. The molecule has 2 aromatic rings. The van der Waals surface area contributed by atoms with Crippen LogP contribution in [-0.4, -0.2) is 24.5 Å². The number of aromatic nitrogens is 1. The van der Waals surface area contributed by atoms with E-state index in [1.54, 1.807) is 13.1 Å². The number of nitriles is 1. The number of para-hydroxylation sites is 1. The van der Waals surface area contributed by atoms with Crippen molar-refractivity contribution in [3.63, 3.8) is 0 Å². The molecule has 0 aliphatic rings. The molecule has 0 atom stereocenters. The minimum absolute atomic E-state index is 0.132. The summed E-state index contributed by atoms with van der Waals surface area (Å²) in [5.74, 6) is 0.386. The monoisotopic (exact) mass is 240 g/mol. The molecule has 0 fully saturated rings. The maximum absolute atomic E-state index is 11.1. The minimum Gasteiger partial charge on any atom is -0.361 e. The van der Waals surface area contributed by atoms with Crippen LogP contribution in [-0.2, 0) is 4.79 Å². The average Bonchev–Trinajstić information content (AvgIpc) is 2.43. The summed E-state index contributed by atoms with van der Waals surface area (Å²) in [6, 6.07) is 11.2. The predicted octanol–water partition coefficient (Wildman–Crippen LogP) is 1.26. The molecule has 0 unspecified atom stereocenters. The van der Waals surface area contributed by atoms with Gasteiger partial charge in [0.1, 0.15) is 5.82 Å². The lowest BCUT2D eigenvalue weighted by Crippen LogP contribution is -2.26. The van der Waals surface area contributed by atoms with Crippen molar-refractivity contribution in [2.75, 3.05) is 18.9 Å². The van der Waals surface area contributed by atoms with Crippen molar-refractivity contribution in [3.8, 4) is 6.07 Å². The Morgan fingerprint density at radius 1 is 1.44 bits per heavy atom.